The zero-order chi connectivity index (χ0) is 30.4. The molecule has 1 aliphatic heterocycles. The quantitative estimate of drug-likeness (QED) is 0.310. The van der Waals surface area contributed by atoms with E-state index < -0.39 is 18.0 Å². The smallest absolute Gasteiger partial charge is 0.343 e. The lowest BCUT2D eigenvalue weighted by molar-refractivity contribution is -0.143. The number of rotatable bonds is 11. The molecule has 0 spiro atoms. The van der Waals surface area contributed by atoms with Gasteiger partial charge in [-0.1, -0.05) is 35.6 Å². The summed E-state index contributed by atoms with van der Waals surface area (Å²) in [7, 11) is 1.28. The van der Waals surface area contributed by atoms with Crippen molar-refractivity contribution in [2.24, 2.45) is 4.99 Å². The molecule has 0 N–H and O–H groups in total. The first kappa shape index (κ1) is 30.6. The molecule has 0 unspecified atom stereocenters. The molecule has 42 heavy (non-hydrogen) atoms. The van der Waals surface area contributed by atoms with Crippen molar-refractivity contribution in [2.45, 2.75) is 46.8 Å². The monoisotopic (exact) mass is 594 g/mol. The van der Waals surface area contributed by atoms with Gasteiger partial charge < -0.3 is 23.7 Å². The van der Waals surface area contributed by atoms with Gasteiger partial charge in [0.25, 0.3) is 5.56 Å². The first-order chi connectivity index (χ1) is 20.2. The van der Waals surface area contributed by atoms with Crippen LogP contribution < -0.4 is 29.1 Å². The number of carbonyl (C=O) groups is 2. The molecule has 1 aromatic heterocycles. The Kier molecular flexibility index (Phi) is 9.84. The summed E-state index contributed by atoms with van der Waals surface area (Å²) in [5.41, 5.74) is 1.76. The number of hydrogen-bond acceptors (Lipinski definition) is 10. The predicted octanol–water partition coefficient (Wildman–Crippen LogP) is 3.54. The highest BCUT2D eigenvalue weighted by Crippen LogP contribution is 2.36. The molecule has 0 fully saturated rings. The van der Waals surface area contributed by atoms with Crippen LogP contribution in [0.5, 0.6) is 17.2 Å². The maximum absolute atomic E-state index is 14.0. The molecule has 222 valence electrons. The van der Waals surface area contributed by atoms with Gasteiger partial charge in [0.15, 0.2) is 22.9 Å². The summed E-state index contributed by atoms with van der Waals surface area (Å²) >= 11 is 1.21. The lowest BCUT2D eigenvalue weighted by Gasteiger charge is -2.26. The predicted molar refractivity (Wildman–Crippen MR) is 158 cm³/mol. The van der Waals surface area contributed by atoms with Crippen LogP contribution in [0.3, 0.4) is 0 Å². The fourth-order valence-corrected chi connectivity index (χ4v) is 5.55. The Balaban J connectivity index is 1.87. The fourth-order valence-electron chi connectivity index (χ4n) is 4.50. The highest BCUT2D eigenvalue weighted by atomic mass is 32.1. The summed E-state index contributed by atoms with van der Waals surface area (Å²) in [6.07, 6.45) is 1.60. The summed E-state index contributed by atoms with van der Waals surface area (Å²) in [5.74, 6) is 0.294. The molecule has 0 bridgehead atoms. The van der Waals surface area contributed by atoms with Crippen molar-refractivity contribution in [1.82, 2.24) is 4.57 Å². The first-order valence-corrected chi connectivity index (χ1v) is 14.4. The highest BCUT2D eigenvalue weighted by Gasteiger charge is 2.35. The topological polar surface area (TPSA) is 115 Å². The van der Waals surface area contributed by atoms with E-state index in [1.807, 2.05) is 45.0 Å². The largest absolute Gasteiger partial charge is 0.491 e. The summed E-state index contributed by atoms with van der Waals surface area (Å²) in [6, 6.07) is 11.7. The Bertz CT molecular complexity index is 1690. The molecule has 1 atom stereocenters. The van der Waals surface area contributed by atoms with Gasteiger partial charge in [0.05, 0.1) is 42.2 Å². The number of hydrogen-bond donors (Lipinski definition) is 0. The molecular weight excluding hydrogens is 560 g/mol. The zero-order valence-corrected chi connectivity index (χ0v) is 25.3. The second-order valence-electron chi connectivity index (χ2n) is 9.51. The SMILES string of the molecule is CCOC(=O)C1=C(C)N=c2s/c(=C/c3ccc(OCC(=O)OC)c(OCC)c3)c(=O)n2[C@H]1c1ccccc1OC(C)C. The fraction of sp³-hybridized carbons (Fsp3) is 0.355. The molecule has 10 nitrogen and oxygen atoms in total. The Hall–Kier alpha value is -4.38. The van der Waals surface area contributed by atoms with E-state index in [9.17, 15) is 14.4 Å². The Labute approximate surface area is 247 Å². The van der Waals surface area contributed by atoms with Crippen LogP contribution >= 0.6 is 11.3 Å². The highest BCUT2D eigenvalue weighted by molar-refractivity contribution is 7.07. The van der Waals surface area contributed by atoms with Crippen LogP contribution in [0.1, 0.15) is 51.8 Å². The molecular formula is C31H34N2O8S. The number of allylic oxidation sites excluding steroid dienone is 1. The zero-order valence-electron chi connectivity index (χ0n) is 24.5. The van der Waals surface area contributed by atoms with E-state index in [0.29, 0.717) is 50.0 Å². The Morgan fingerprint density at radius 1 is 1.05 bits per heavy atom. The molecule has 2 heterocycles. The average Bonchev–Trinajstić information content (AvgIpc) is 3.25. The molecule has 2 aromatic carbocycles. The lowest BCUT2D eigenvalue weighted by atomic mass is 9.95. The Morgan fingerprint density at radius 2 is 1.81 bits per heavy atom. The van der Waals surface area contributed by atoms with Gasteiger partial charge in [-0.3, -0.25) is 9.36 Å². The second kappa shape index (κ2) is 13.5. The molecule has 0 saturated heterocycles. The number of para-hydroxylation sites is 1. The second-order valence-corrected chi connectivity index (χ2v) is 10.5. The van der Waals surface area contributed by atoms with Crippen LogP contribution in [0.2, 0.25) is 0 Å². The number of benzene rings is 2. The average molecular weight is 595 g/mol. The number of aromatic nitrogens is 1. The molecule has 0 amide bonds. The van der Waals surface area contributed by atoms with E-state index in [4.69, 9.17) is 18.9 Å². The standard InChI is InChI=1S/C31H34N2O8S/c1-7-38-24-15-20(13-14-23(24)40-17-26(34)37-6)16-25-29(35)33-28(21-11-9-10-12-22(21)41-18(3)4)27(30(36)39-8-2)19(5)32-31(33)42-25/h9-16,18,28H,7-8,17H2,1-6H3/b25-16+/t28-/m0/s1. The van der Waals surface area contributed by atoms with E-state index in [1.54, 1.807) is 38.1 Å². The third-order valence-corrected chi connectivity index (χ3v) is 7.21. The first-order valence-electron chi connectivity index (χ1n) is 13.6. The minimum absolute atomic E-state index is 0.128. The van der Waals surface area contributed by atoms with Crippen LogP contribution in [-0.2, 0) is 19.1 Å². The summed E-state index contributed by atoms with van der Waals surface area (Å²) in [6.45, 7) is 9.42. The van der Waals surface area contributed by atoms with Gasteiger partial charge in [0, 0.05) is 5.56 Å². The molecule has 4 rings (SSSR count). The van der Waals surface area contributed by atoms with E-state index in [1.165, 1.54) is 23.0 Å². The van der Waals surface area contributed by atoms with Gasteiger partial charge in [-0.2, -0.15) is 0 Å². The number of methoxy groups -OCH3 is 1. The Morgan fingerprint density at radius 3 is 2.50 bits per heavy atom. The third-order valence-electron chi connectivity index (χ3n) is 6.23. The van der Waals surface area contributed by atoms with Crippen molar-refractivity contribution in [2.75, 3.05) is 26.9 Å². The maximum atomic E-state index is 14.0. The number of fused-ring (bicyclic) bond motifs is 1. The number of nitrogens with zero attached hydrogens (tertiary/aromatic N) is 2. The molecule has 1 aliphatic rings. The number of ether oxygens (including phenoxy) is 5. The normalized spacial score (nSPS) is 14.7. The van der Waals surface area contributed by atoms with Gasteiger partial charge in [0.1, 0.15) is 11.8 Å². The van der Waals surface area contributed by atoms with Crippen LogP contribution in [0.25, 0.3) is 6.08 Å². The van der Waals surface area contributed by atoms with E-state index >= 15 is 0 Å². The van der Waals surface area contributed by atoms with Crippen LogP contribution in [0.15, 0.2) is 63.5 Å². The van der Waals surface area contributed by atoms with Gasteiger partial charge >= 0.3 is 11.9 Å². The maximum Gasteiger partial charge on any atom is 0.343 e. The van der Waals surface area contributed by atoms with Gasteiger partial charge in [0.2, 0.25) is 0 Å². The van der Waals surface area contributed by atoms with E-state index in [0.717, 1.165) is 0 Å². The molecule has 0 radical (unpaired) electrons. The van der Waals surface area contributed by atoms with Crippen molar-refractivity contribution in [1.29, 1.82) is 0 Å². The minimum Gasteiger partial charge on any atom is -0.491 e. The van der Waals surface area contributed by atoms with Gasteiger partial charge in [-0.15, -0.1) is 0 Å². The van der Waals surface area contributed by atoms with Crippen molar-refractivity contribution in [3.8, 4) is 17.2 Å². The summed E-state index contributed by atoms with van der Waals surface area (Å²) in [4.78, 5) is 43.9. The van der Waals surface area contributed by atoms with Crippen molar-refractivity contribution in [3.63, 3.8) is 0 Å². The third kappa shape index (κ3) is 6.57. The van der Waals surface area contributed by atoms with Gasteiger partial charge in [-0.05, 0) is 64.5 Å². The summed E-state index contributed by atoms with van der Waals surface area (Å²) < 4.78 is 29.3. The van der Waals surface area contributed by atoms with Crippen LogP contribution in [-0.4, -0.2) is 49.5 Å². The molecule has 3 aromatic rings. The lowest BCUT2D eigenvalue weighted by Crippen LogP contribution is -2.40. The van der Waals surface area contributed by atoms with Crippen LogP contribution in [0, 0.1) is 0 Å². The van der Waals surface area contributed by atoms with E-state index in [2.05, 4.69) is 9.73 Å². The molecule has 11 heteroatoms. The van der Waals surface area contributed by atoms with Crippen molar-refractivity contribution < 1.29 is 33.3 Å². The van der Waals surface area contributed by atoms with Crippen LogP contribution in [0.4, 0.5) is 0 Å². The van der Waals surface area contributed by atoms with Gasteiger partial charge in [-0.25, -0.2) is 14.6 Å². The number of esters is 2. The molecule has 0 aliphatic carbocycles. The van der Waals surface area contributed by atoms with Crippen molar-refractivity contribution >= 4 is 29.4 Å². The van der Waals surface area contributed by atoms with Crippen molar-refractivity contribution in [3.05, 3.63) is 84.5 Å². The minimum atomic E-state index is -0.800. The number of thiazole rings is 1. The van der Waals surface area contributed by atoms with E-state index in [-0.39, 0.29) is 30.5 Å². The molecule has 0 saturated carbocycles. The summed E-state index contributed by atoms with van der Waals surface area (Å²) in [5, 5.41) is 0. The number of carbonyl (C=O) groups excluding carboxylic acids is 2.